The quantitative estimate of drug-likeness (QED) is 0.831. The van der Waals surface area contributed by atoms with E-state index in [9.17, 15) is 13.0 Å². The van der Waals surface area contributed by atoms with Gasteiger partial charge in [-0.3, -0.25) is 4.55 Å². The summed E-state index contributed by atoms with van der Waals surface area (Å²) in [5, 5.41) is 0. The first-order valence-electron chi connectivity index (χ1n) is 7.68. The van der Waals surface area contributed by atoms with E-state index in [4.69, 9.17) is 9.47 Å². The first-order chi connectivity index (χ1) is 10.4. The Hall–Kier alpha value is -1.31. The zero-order valence-electron chi connectivity index (χ0n) is 14.4. The lowest BCUT2D eigenvalue weighted by Crippen LogP contribution is -2.37. The number of benzene rings is 1. The first-order valence-corrected chi connectivity index (χ1v) is 9.07. The number of hydrogen-bond acceptors (Lipinski definition) is 4. The molecule has 1 aromatic carbocycles. The van der Waals surface area contributed by atoms with Crippen LogP contribution < -0.4 is 9.04 Å². The van der Waals surface area contributed by atoms with Crippen molar-refractivity contribution in [3.63, 3.8) is 0 Å². The largest absolute Gasteiger partial charge is 0.464 e. The summed E-state index contributed by atoms with van der Waals surface area (Å²) < 4.78 is 45.5. The zero-order valence-corrected chi connectivity index (χ0v) is 15.2. The standard InChI is InChI=1S/C16H25NO5S/c1-10(2)17(23(18,19)20)12-7-8-14-13(9-12)16(5,6)15(22-14)21-11(3)4/h7-11,15H,1-6H3,(H,18,19,20). The van der Waals surface area contributed by atoms with E-state index < -0.39 is 28.1 Å². The Morgan fingerprint density at radius 2 is 1.87 bits per heavy atom. The van der Waals surface area contributed by atoms with Crippen molar-refractivity contribution in [1.29, 1.82) is 0 Å². The lowest BCUT2D eigenvalue weighted by molar-refractivity contribution is -0.128. The van der Waals surface area contributed by atoms with Crippen LogP contribution >= 0.6 is 0 Å². The molecule has 1 N–H and O–H groups in total. The van der Waals surface area contributed by atoms with Crippen molar-refractivity contribution in [3.05, 3.63) is 23.8 Å². The van der Waals surface area contributed by atoms with Crippen LogP contribution in [0.2, 0.25) is 0 Å². The van der Waals surface area contributed by atoms with Crippen molar-refractivity contribution in [3.8, 4) is 5.75 Å². The van der Waals surface area contributed by atoms with Gasteiger partial charge in [0.05, 0.1) is 17.2 Å². The molecule has 1 atom stereocenters. The molecule has 1 aliphatic rings. The van der Waals surface area contributed by atoms with E-state index in [1.165, 1.54) is 0 Å². The number of ether oxygens (including phenoxy) is 2. The molecule has 6 nitrogen and oxygen atoms in total. The van der Waals surface area contributed by atoms with E-state index >= 15 is 0 Å². The Labute approximate surface area is 138 Å². The molecule has 0 aromatic heterocycles. The van der Waals surface area contributed by atoms with Crippen LogP contribution in [-0.2, 0) is 20.5 Å². The van der Waals surface area contributed by atoms with Gasteiger partial charge in [0.2, 0.25) is 6.29 Å². The molecule has 2 rings (SSSR count). The molecular weight excluding hydrogens is 318 g/mol. The van der Waals surface area contributed by atoms with Crippen LogP contribution in [0.1, 0.15) is 47.1 Å². The maximum absolute atomic E-state index is 11.7. The molecule has 130 valence electrons. The summed E-state index contributed by atoms with van der Waals surface area (Å²) >= 11 is 0. The summed E-state index contributed by atoms with van der Waals surface area (Å²) in [5.74, 6) is 0.670. The van der Waals surface area contributed by atoms with Gasteiger partial charge >= 0.3 is 10.3 Å². The van der Waals surface area contributed by atoms with Crippen molar-refractivity contribution in [1.82, 2.24) is 0 Å². The third kappa shape index (κ3) is 3.46. The molecule has 0 fully saturated rings. The summed E-state index contributed by atoms with van der Waals surface area (Å²) in [4.78, 5) is 0. The molecule has 0 aliphatic carbocycles. The van der Waals surface area contributed by atoms with Crippen LogP contribution in [0.25, 0.3) is 0 Å². The van der Waals surface area contributed by atoms with Gasteiger partial charge in [-0.05, 0) is 59.7 Å². The second kappa shape index (κ2) is 5.96. The number of nitrogens with zero attached hydrogens (tertiary/aromatic N) is 1. The van der Waals surface area contributed by atoms with Crippen molar-refractivity contribution < 1.29 is 22.4 Å². The highest BCUT2D eigenvalue weighted by Gasteiger charge is 2.43. The number of fused-ring (bicyclic) bond motifs is 1. The molecule has 0 radical (unpaired) electrons. The lowest BCUT2D eigenvalue weighted by Gasteiger charge is -2.28. The van der Waals surface area contributed by atoms with Crippen molar-refractivity contribution in [2.24, 2.45) is 0 Å². The van der Waals surface area contributed by atoms with E-state index in [-0.39, 0.29) is 6.10 Å². The van der Waals surface area contributed by atoms with E-state index in [2.05, 4.69) is 0 Å². The molecule has 1 unspecified atom stereocenters. The van der Waals surface area contributed by atoms with Crippen molar-refractivity contribution in [2.75, 3.05) is 4.31 Å². The molecule has 1 aliphatic heterocycles. The topological polar surface area (TPSA) is 76.1 Å². The van der Waals surface area contributed by atoms with Crippen LogP contribution in [0.4, 0.5) is 5.69 Å². The first kappa shape index (κ1) is 18.0. The van der Waals surface area contributed by atoms with Crippen LogP contribution in [0.3, 0.4) is 0 Å². The lowest BCUT2D eigenvalue weighted by atomic mass is 9.85. The van der Waals surface area contributed by atoms with Gasteiger partial charge in [0.25, 0.3) is 0 Å². The molecule has 0 spiro atoms. The Balaban J connectivity index is 2.46. The highest BCUT2D eigenvalue weighted by Crippen LogP contribution is 2.45. The smallest absolute Gasteiger partial charge is 0.360 e. The predicted octanol–water partition coefficient (Wildman–Crippen LogP) is 3.13. The van der Waals surface area contributed by atoms with Gasteiger partial charge in [-0.2, -0.15) is 8.42 Å². The minimum absolute atomic E-state index is 0.0121. The van der Waals surface area contributed by atoms with Crippen molar-refractivity contribution >= 4 is 16.0 Å². The third-order valence-electron chi connectivity index (χ3n) is 3.85. The molecule has 0 bridgehead atoms. The Bertz CT molecular complexity index is 682. The van der Waals surface area contributed by atoms with E-state index in [0.717, 1.165) is 9.87 Å². The fourth-order valence-electron chi connectivity index (χ4n) is 2.79. The van der Waals surface area contributed by atoms with Crippen LogP contribution in [0.15, 0.2) is 18.2 Å². The minimum Gasteiger partial charge on any atom is -0.464 e. The summed E-state index contributed by atoms with van der Waals surface area (Å²) in [6.45, 7) is 11.3. The fraction of sp³-hybridized carbons (Fsp3) is 0.625. The Morgan fingerprint density at radius 3 is 2.35 bits per heavy atom. The van der Waals surface area contributed by atoms with E-state index in [1.54, 1.807) is 32.0 Å². The normalized spacial score (nSPS) is 19.8. The summed E-state index contributed by atoms with van der Waals surface area (Å²) in [6, 6.07) is 4.68. The SMILES string of the molecule is CC(C)OC1Oc2ccc(N(C(C)C)S(=O)(=O)O)cc2C1(C)C. The minimum atomic E-state index is -4.34. The van der Waals surface area contributed by atoms with Gasteiger partial charge in [-0.1, -0.05) is 0 Å². The van der Waals surface area contributed by atoms with Crippen molar-refractivity contribution in [2.45, 2.75) is 65.4 Å². The molecule has 1 aromatic rings. The highest BCUT2D eigenvalue weighted by atomic mass is 32.2. The average Bonchev–Trinajstić information content (AvgIpc) is 2.59. The molecule has 0 amide bonds. The summed E-state index contributed by atoms with van der Waals surface area (Å²) in [6.07, 6.45) is -0.427. The second-order valence-electron chi connectivity index (χ2n) is 6.90. The average molecular weight is 343 g/mol. The molecule has 1 heterocycles. The maximum Gasteiger partial charge on any atom is 0.360 e. The van der Waals surface area contributed by atoms with Crippen LogP contribution in [0, 0.1) is 0 Å². The number of rotatable bonds is 5. The molecule has 0 saturated carbocycles. The van der Waals surface area contributed by atoms with Gasteiger partial charge in [0, 0.05) is 11.6 Å². The van der Waals surface area contributed by atoms with Crippen LogP contribution in [-0.4, -0.2) is 31.4 Å². The van der Waals surface area contributed by atoms with E-state index in [1.807, 2.05) is 27.7 Å². The van der Waals surface area contributed by atoms with Gasteiger partial charge in [0.1, 0.15) is 5.75 Å². The van der Waals surface area contributed by atoms with Gasteiger partial charge in [-0.15, -0.1) is 0 Å². The summed E-state index contributed by atoms with van der Waals surface area (Å²) in [5.41, 5.74) is 0.829. The maximum atomic E-state index is 11.7. The molecule has 23 heavy (non-hydrogen) atoms. The molecular formula is C16H25NO5S. The Kier molecular flexibility index (Phi) is 4.67. The number of anilines is 1. The van der Waals surface area contributed by atoms with Gasteiger partial charge < -0.3 is 9.47 Å². The second-order valence-corrected chi connectivity index (χ2v) is 8.19. The van der Waals surface area contributed by atoms with Gasteiger partial charge in [0.15, 0.2) is 0 Å². The predicted molar refractivity (Wildman–Crippen MR) is 89.3 cm³/mol. The van der Waals surface area contributed by atoms with Gasteiger partial charge in [-0.25, -0.2) is 4.31 Å². The fourth-order valence-corrected chi connectivity index (χ4v) is 3.71. The Morgan fingerprint density at radius 1 is 1.26 bits per heavy atom. The van der Waals surface area contributed by atoms with Crippen LogP contribution in [0.5, 0.6) is 5.75 Å². The molecule has 0 saturated heterocycles. The molecule has 7 heteroatoms. The number of hydrogen-bond donors (Lipinski definition) is 1. The zero-order chi connectivity index (χ0) is 17.6. The van der Waals surface area contributed by atoms with E-state index in [0.29, 0.717) is 11.4 Å². The summed E-state index contributed by atoms with van der Waals surface area (Å²) in [7, 11) is -4.34. The third-order valence-corrected chi connectivity index (χ3v) is 4.98. The monoisotopic (exact) mass is 343 g/mol. The highest BCUT2D eigenvalue weighted by molar-refractivity contribution is 7.87.